The zero-order valence-corrected chi connectivity index (χ0v) is 13.4. The molecule has 1 N–H and O–H groups in total. The third-order valence-electron chi connectivity index (χ3n) is 4.19. The molecule has 1 saturated heterocycles. The van der Waals surface area contributed by atoms with Gasteiger partial charge in [0.25, 0.3) is 0 Å². The van der Waals surface area contributed by atoms with Crippen molar-refractivity contribution in [2.24, 2.45) is 5.92 Å². The predicted octanol–water partition coefficient (Wildman–Crippen LogP) is 3.30. The van der Waals surface area contributed by atoms with Gasteiger partial charge in [-0.25, -0.2) is 0 Å². The Hall–Kier alpha value is -2.62. The van der Waals surface area contributed by atoms with Crippen LogP contribution >= 0.6 is 0 Å². The molecule has 0 radical (unpaired) electrons. The molecule has 0 saturated carbocycles. The first kappa shape index (κ1) is 15.3. The van der Waals surface area contributed by atoms with Gasteiger partial charge in [-0.2, -0.15) is 0 Å². The average molecular weight is 308 g/mol. The van der Waals surface area contributed by atoms with Crippen molar-refractivity contribution in [3.05, 3.63) is 59.7 Å². The molecule has 23 heavy (non-hydrogen) atoms. The summed E-state index contributed by atoms with van der Waals surface area (Å²) in [6, 6.07) is 15.4. The van der Waals surface area contributed by atoms with Crippen LogP contribution in [0.2, 0.25) is 0 Å². The van der Waals surface area contributed by atoms with Crippen LogP contribution in [0.1, 0.15) is 17.5 Å². The maximum absolute atomic E-state index is 12.4. The molecule has 1 aliphatic heterocycles. The summed E-state index contributed by atoms with van der Waals surface area (Å²) in [5.41, 5.74) is 3.82. The summed E-state index contributed by atoms with van der Waals surface area (Å²) in [4.78, 5) is 26.5. The van der Waals surface area contributed by atoms with Gasteiger partial charge in [0, 0.05) is 24.3 Å². The van der Waals surface area contributed by atoms with Crippen LogP contribution in [-0.2, 0) is 9.59 Å². The molecule has 0 aliphatic carbocycles. The minimum atomic E-state index is -0.317. The van der Waals surface area contributed by atoms with E-state index in [-0.39, 0.29) is 24.2 Å². The minimum absolute atomic E-state index is 0.00640. The monoisotopic (exact) mass is 308 g/mol. The van der Waals surface area contributed by atoms with Gasteiger partial charge in [-0.1, -0.05) is 30.3 Å². The number of hydrogen-bond acceptors (Lipinski definition) is 2. The van der Waals surface area contributed by atoms with E-state index in [0.717, 1.165) is 22.5 Å². The van der Waals surface area contributed by atoms with Gasteiger partial charge in [0.05, 0.1) is 5.92 Å². The van der Waals surface area contributed by atoms with E-state index in [1.54, 1.807) is 4.90 Å². The number of carbonyl (C=O) groups excluding carboxylic acids is 2. The van der Waals surface area contributed by atoms with E-state index in [1.807, 2.05) is 62.4 Å². The van der Waals surface area contributed by atoms with Gasteiger partial charge >= 0.3 is 0 Å². The molecule has 2 aromatic rings. The Balaban J connectivity index is 1.74. The molecule has 4 heteroatoms. The second-order valence-corrected chi connectivity index (χ2v) is 6.05. The van der Waals surface area contributed by atoms with E-state index < -0.39 is 0 Å². The normalized spacial score (nSPS) is 17.4. The van der Waals surface area contributed by atoms with Crippen LogP contribution in [0.15, 0.2) is 48.5 Å². The molecule has 2 aromatic carbocycles. The van der Waals surface area contributed by atoms with Crippen molar-refractivity contribution >= 4 is 23.2 Å². The smallest absolute Gasteiger partial charge is 0.229 e. The molecule has 1 fully saturated rings. The first-order valence-electron chi connectivity index (χ1n) is 7.78. The fraction of sp³-hybridized carbons (Fsp3) is 0.263. The lowest BCUT2D eigenvalue weighted by atomic mass is 10.1. The predicted molar refractivity (Wildman–Crippen MR) is 91.4 cm³/mol. The van der Waals surface area contributed by atoms with Gasteiger partial charge in [-0.3, -0.25) is 9.59 Å². The highest BCUT2D eigenvalue weighted by Gasteiger charge is 2.35. The number of hydrogen-bond donors (Lipinski definition) is 1. The van der Waals surface area contributed by atoms with Crippen molar-refractivity contribution in [2.45, 2.75) is 20.3 Å². The van der Waals surface area contributed by atoms with Gasteiger partial charge in [-0.15, -0.1) is 0 Å². The van der Waals surface area contributed by atoms with Crippen molar-refractivity contribution in [1.29, 1.82) is 0 Å². The summed E-state index contributed by atoms with van der Waals surface area (Å²) in [5.74, 6) is -0.410. The standard InChI is InChI=1S/C19H20N2O2/c1-13-8-9-14(2)17(10-13)21-12-15(11-18(21)22)19(23)20-16-6-4-3-5-7-16/h3-10,15H,11-12H2,1-2H3,(H,20,23)/t15-/m1/s1. The van der Waals surface area contributed by atoms with E-state index >= 15 is 0 Å². The van der Waals surface area contributed by atoms with Crippen LogP contribution in [0.25, 0.3) is 0 Å². The van der Waals surface area contributed by atoms with Crippen LogP contribution in [0, 0.1) is 19.8 Å². The SMILES string of the molecule is Cc1ccc(C)c(N2C[C@H](C(=O)Nc3ccccc3)CC2=O)c1. The third-order valence-corrected chi connectivity index (χ3v) is 4.19. The lowest BCUT2D eigenvalue weighted by molar-refractivity contribution is -0.122. The molecule has 4 nitrogen and oxygen atoms in total. The van der Waals surface area contributed by atoms with Gasteiger partial charge < -0.3 is 10.2 Å². The molecule has 3 rings (SSSR count). The topological polar surface area (TPSA) is 49.4 Å². The summed E-state index contributed by atoms with van der Waals surface area (Å²) in [6.45, 7) is 4.42. The van der Waals surface area contributed by atoms with Crippen molar-refractivity contribution in [1.82, 2.24) is 0 Å². The molecule has 1 aliphatic rings. The molecular weight excluding hydrogens is 288 g/mol. The fourth-order valence-electron chi connectivity index (χ4n) is 2.89. The molecular formula is C19H20N2O2. The Morgan fingerprint density at radius 1 is 1.13 bits per heavy atom. The van der Waals surface area contributed by atoms with Crippen molar-refractivity contribution in [2.75, 3.05) is 16.8 Å². The minimum Gasteiger partial charge on any atom is -0.326 e. The number of benzene rings is 2. The van der Waals surface area contributed by atoms with E-state index in [9.17, 15) is 9.59 Å². The highest BCUT2D eigenvalue weighted by Crippen LogP contribution is 2.29. The second kappa shape index (κ2) is 6.24. The zero-order valence-electron chi connectivity index (χ0n) is 13.4. The first-order chi connectivity index (χ1) is 11.0. The highest BCUT2D eigenvalue weighted by molar-refractivity contribution is 6.03. The lowest BCUT2D eigenvalue weighted by Gasteiger charge is -2.19. The molecule has 0 bridgehead atoms. The highest BCUT2D eigenvalue weighted by atomic mass is 16.2. The largest absolute Gasteiger partial charge is 0.326 e. The van der Waals surface area contributed by atoms with Gasteiger partial charge in [-0.05, 0) is 43.2 Å². The van der Waals surface area contributed by atoms with E-state index in [1.165, 1.54) is 0 Å². The molecule has 1 atom stereocenters. The van der Waals surface area contributed by atoms with Crippen LogP contribution in [-0.4, -0.2) is 18.4 Å². The maximum atomic E-state index is 12.4. The number of carbonyl (C=O) groups is 2. The Kier molecular flexibility index (Phi) is 4.15. The van der Waals surface area contributed by atoms with Gasteiger partial charge in [0.1, 0.15) is 0 Å². The zero-order chi connectivity index (χ0) is 16.4. The van der Waals surface area contributed by atoms with Crippen molar-refractivity contribution in [3.8, 4) is 0 Å². The number of para-hydroxylation sites is 1. The summed E-state index contributed by atoms with van der Waals surface area (Å²) in [6.07, 6.45) is 0.256. The van der Waals surface area contributed by atoms with Crippen LogP contribution in [0.3, 0.4) is 0 Å². The number of nitrogens with zero attached hydrogens (tertiary/aromatic N) is 1. The summed E-state index contributed by atoms with van der Waals surface area (Å²) < 4.78 is 0. The fourth-order valence-corrected chi connectivity index (χ4v) is 2.89. The average Bonchev–Trinajstić information content (AvgIpc) is 2.92. The molecule has 118 valence electrons. The third kappa shape index (κ3) is 3.26. The maximum Gasteiger partial charge on any atom is 0.229 e. The number of nitrogens with one attached hydrogen (secondary N) is 1. The number of amides is 2. The Morgan fingerprint density at radius 2 is 1.87 bits per heavy atom. The lowest BCUT2D eigenvalue weighted by Crippen LogP contribution is -2.28. The Morgan fingerprint density at radius 3 is 2.61 bits per heavy atom. The summed E-state index contributed by atoms with van der Waals surface area (Å²) >= 11 is 0. The number of aryl methyl sites for hydroxylation is 2. The molecule has 2 amide bonds. The molecule has 0 aromatic heterocycles. The van der Waals surface area contributed by atoms with Crippen molar-refractivity contribution < 1.29 is 9.59 Å². The van der Waals surface area contributed by atoms with Crippen molar-refractivity contribution in [3.63, 3.8) is 0 Å². The quantitative estimate of drug-likeness (QED) is 0.946. The van der Waals surface area contributed by atoms with E-state index in [2.05, 4.69) is 5.32 Å². The van der Waals surface area contributed by atoms with Crippen LogP contribution in [0.5, 0.6) is 0 Å². The van der Waals surface area contributed by atoms with Crippen LogP contribution in [0.4, 0.5) is 11.4 Å². The second-order valence-electron chi connectivity index (χ2n) is 6.05. The van der Waals surface area contributed by atoms with E-state index in [4.69, 9.17) is 0 Å². The van der Waals surface area contributed by atoms with Gasteiger partial charge in [0.2, 0.25) is 11.8 Å². The molecule has 0 unspecified atom stereocenters. The summed E-state index contributed by atoms with van der Waals surface area (Å²) in [5, 5.41) is 2.88. The number of anilines is 2. The van der Waals surface area contributed by atoms with Gasteiger partial charge in [0.15, 0.2) is 0 Å². The summed E-state index contributed by atoms with van der Waals surface area (Å²) in [7, 11) is 0. The number of rotatable bonds is 3. The van der Waals surface area contributed by atoms with E-state index in [0.29, 0.717) is 6.54 Å². The Labute approximate surface area is 136 Å². The molecule has 0 spiro atoms. The first-order valence-corrected chi connectivity index (χ1v) is 7.78. The Bertz CT molecular complexity index is 740. The van der Waals surface area contributed by atoms with Crippen LogP contribution < -0.4 is 10.2 Å². The molecule has 1 heterocycles.